The molecule has 2 aliphatic rings. The van der Waals surface area contributed by atoms with Crippen LogP contribution in [-0.4, -0.2) is 85.1 Å². The van der Waals surface area contributed by atoms with Gasteiger partial charge in [0.05, 0.1) is 40.1 Å². The molecule has 0 aliphatic heterocycles. The molecule has 1 saturated carbocycles. The van der Waals surface area contributed by atoms with Crippen molar-refractivity contribution in [3.8, 4) is 22.6 Å². The largest absolute Gasteiger partial charge is 0.496 e. The Bertz CT molecular complexity index is 1950. The summed E-state index contributed by atoms with van der Waals surface area (Å²) in [6, 6.07) is 31.3. The quantitative estimate of drug-likeness (QED) is 0.0478. The van der Waals surface area contributed by atoms with E-state index in [-0.39, 0.29) is 11.8 Å². The summed E-state index contributed by atoms with van der Waals surface area (Å²) in [6.07, 6.45) is 15.8. The second-order valence-corrected chi connectivity index (χ2v) is 17.6. The van der Waals surface area contributed by atoms with Crippen LogP contribution in [0.1, 0.15) is 117 Å². The Hall–Kier alpha value is -4.94. The molecule has 0 heterocycles. The molecule has 0 radical (unpaired) electrons. The van der Waals surface area contributed by atoms with Crippen molar-refractivity contribution in [1.82, 2.24) is 16.0 Å². The number of hydrogen-bond donors (Lipinski definition) is 3. The van der Waals surface area contributed by atoms with Crippen LogP contribution in [-0.2, 0) is 43.3 Å². The van der Waals surface area contributed by atoms with Crippen LogP contribution < -0.4 is 25.4 Å². The topological polar surface area (TPSA) is 126 Å². The number of methoxy groups -OCH3 is 1. The summed E-state index contributed by atoms with van der Waals surface area (Å²) in [6.45, 7) is 6.44. The van der Waals surface area contributed by atoms with Crippen LogP contribution in [0.25, 0.3) is 11.1 Å². The Morgan fingerprint density at radius 3 is 1.88 bits per heavy atom. The fourth-order valence-electron chi connectivity index (χ4n) is 8.98. The highest BCUT2D eigenvalue weighted by atomic mass is 16.6. The minimum Gasteiger partial charge on any atom is -0.496 e. The van der Waals surface area contributed by atoms with Crippen LogP contribution in [0.15, 0.2) is 91.0 Å². The zero-order valence-corrected chi connectivity index (χ0v) is 39.5. The third-order valence-electron chi connectivity index (χ3n) is 12.6. The maximum absolute atomic E-state index is 12.6. The molecule has 0 bridgehead atoms. The molecule has 2 aliphatic carbocycles. The fraction of sp³-hybridized carbons (Fsp3) is 0.527. The predicted octanol–water partition coefficient (Wildman–Crippen LogP) is 10.3. The molecule has 4 aromatic rings. The first-order valence-corrected chi connectivity index (χ1v) is 24.7. The molecule has 0 unspecified atom stereocenters. The summed E-state index contributed by atoms with van der Waals surface area (Å²) in [5.41, 5.74) is 8.42. The summed E-state index contributed by atoms with van der Waals surface area (Å²) in [5.74, 6) is 2.38. The normalized spacial score (nSPS) is 14.3. The first-order chi connectivity index (χ1) is 32.6. The van der Waals surface area contributed by atoms with E-state index in [1.54, 1.807) is 7.11 Å². The van der Waals surface area contributed by atoms with E-state index in [1.165, 1.54) is 92.0 Å². The van der Waals surface area contributed by atoms with Gasteiger partial charge in [0.2, 0.25) is 5.91 Å². The zero-order chi connectivity index (χ0) is 45.9. The molecule has 11 heteroatoms. The maximum atomic E-state index is 12.6. The van der Waals surface area contributed by atoms with Crippen molar-refractivity contribution >= 4 is 12.0 Å². The number of benzene rings is 4. The third kappa shape index (κ3) is 17.7. The van der Waals surface area contributed by atoms with E-state index in [2.05, 4.69) is 64.5 Å². The van der Waals surface area contributed by atoms with Gasteiger partial charge in [-0.05, 0) is 77.6 Å². The zero-order valence-electron chi connectivity index (χ0n) is 39.5. The monoisotopic (exact) mass is 906 g/mol. The first-order valence-electron chi connectivity index (χ1n) is 24.7. The Morgan fingerprint density at radius 1 is 0.606 bits per heavy atom. The van der Waals surface area contributed by atoms with Gasteiger partial charge < -0.3 is 44.4 Å². The number of ether oxygens (including phenoxy) is 6. The molecule has 66 heavy (non-hydrogen) atoms. The van der Waals surface area contributed by atoms with Gasteiger partial charge in [-0.25, -0.2) is 4.79 Å². The molecule has 6 rings (SSSR count). The van der Waals surface area contributed by atoms with Gasteiger partial charge in [-0.15, -0.1) is 0 Å². The molecule has 0 saturated heterocycles. The van der Waals surface area contributed by atoms with Gasteiger partial charge in [-0.2, -0.15) is 0 Å². The van der Waals surface area contributed by atoms with Crippen LogP contribution in [0.5, 0.6) is 11.5 Å². The van der Waals surface area contributed by atoms with Crippen LogP contribution in [0.4, 0.5) is 4.79 Å². The number of hydrogen-bond acceptors (Lipinski definition) is 9. The molecule has 358 valence electrons. The smallest absolute Gasteiger partial charge is 0.407 e. The second-order valence-electron chi connectivity index (χ2n) is 17.6. The minimum atomic E-state index is -0.411. The van der Waals surface area contributed by atoms with Gasteiger partial charge in [0.1, 0.15) is 18.1 Å². The summed E-state index contributed by atoms with van der Waals surface area (Å²) in [5, 5.41) is 9.35. The number of carbonyl (C=O) groups is 2. The van der Waals surface area contributed by atoms with E-state index in [4.69, 9.17) is 28.4 Å². The number of fused-ring (bicyclic) bond motifs is 3. The van der Waals surface area contributed by atoms with Gasteiger partial charge in [-0.3, -0.25) is 4.79 Å². The van der Waals surface area contributed by atoms with Crippen LogP contribution in [0, 0.1) is 5.92 Å². The molecule has 3 N–H and O–H groups in total. The van der Waals surface area contributed by atoms with E-state index in [0.717, 1.165) is 41.5 Å². The molecule has 4 aromatic carbocycles. The maximum Gasteiger partial charge on any atom is 0.407 e. The van der Waals surface area contributed by atoms with E-state index in [9.17, 15) is 9.59 Å². The predicted molar refractivity (Wildman–Crippen MR) is 261 cm³/mol. The molecule has 2 amide bonds. The Balaban J connectivity index is 0.708. The van der Waals surface area contributed by atoms with Crippen molar-refractivity contribution in [3.63, 3.8) is 0 Å². The number of nitrogens with one attached hydrogen (secondary N) is 3. The minimum absolute atomic E-state index is 0.0385. The molecule has 1 fully saturated rings. The van der Waals surface area contributed by atoms with E-state index in [1.807, 2.05) is 42.5 Å². The lowest BCUT2D eigenvalue weighted by Crippen LogP contribution is -2.27. The second kappa shape index (κ2) is 29.6. The highest BCUT2D eigenvalue weighted by Crippen LogP contribution is 2.44. The Morgan fingerprint density at radius 2 is 1.21 bits per heavy atom. The summed E-state index contributed by atoms with van der Waals surface area (Å²) >= 11 is 0. The van der Waals surface area contributed by atoms with E-state index < -0.39 is 6.09 Å². The summed E-state index contributed by atoms with van der Waals surface area (Å²) in [4.78, 5) is 24.9. The van der Waals surface area contributed by atoms with E-state index in [0.29, 0.717) is 91.8 Å². The van der Waals surface area contributed by atoms with Crippen molar-refractivity contribution in [1.29, 1.82) is 0 Å². The van der Waals surface area contributed by atoms with Gasteiger partial charge in [0, 0.05) is 56.8 Å². The highest BCUT2D eigenvalue weighted by Gasteiger charge is 2.29. The lowest BCUT2D eigenvalue weighted by atomic mass is 9.87. The van der Waals surface area contributed by atoms with Crippen molar-refractivity contribution in [3.05, 3.63) is 119 Å². The molecule has 0 aromatic heterocycles. The summed E-state index contributed by atoms with van der Waals surface area (Å²) in [7, 11) is 1.67. The Kier molecular flexibility index (Phi) is 22.7. The molecule has 0 atom stereocenters. The number of carbonyl (C=O) groups excluding carboxylic acids is 2. The summed E-state index contributed by atoms with van der Waals surface area (Å²) < 4.78 is 34.2. The molecular weight excluding hydrogens is 831 g/mol. The first kappa shape index (κ1) is 50.5. The fourth-order valence-corrected chi connectivity index (χ4v) is 8.98. The number of rotatable bonds is 28. The van der Waals surface area contributed by atoms with Gasteiger partial charge in [0.15, 0.2) is 0 Å². The molecular formula is C55H75N3O8. The van der Waals surface area contributed by atoms with Crippen LogP contribution in [0.2, 0.25) is 0 Å². The third-order valence-corrected chi connectivity index (χ3v) is 12.6. The molecule has 11 nitrogen and oxygen atoms in total. The van der Waals surface area contributed by atoms with Gasteiger partial charge in [0.25, 0.3) is 0 Å². The van der Waals surface area contributed by atoms with Gasteiger partial charge >= 0.3 is 6.09 Å². The van der Waals surface area contributed by atoms with Crippen molar-refractivity contribution < 1.29 is 38.0 Å². The van der Waals surface area contributed by atoms with Crippen molar-refractivity contribution in [2.75, 3.05) is 73.1 Å². The van der Waals surface area contributed by atoms with Crippen LogP contribution in [0.3, 0.4) is 0 Å². The SMILES string of the molecule is COc1cc(OCCCC(=O)NCc2ccc(CC3CCCCCCCCC3)cc2)ccc1CNCCCOCCOCCOCCCNC(=O)OCC1c2ccccc2-c2ccccc21. The highest BCUT2D eigenvalue weighted by molar-refractivity contribution is 5.79. The van der Waals surface area contributed by atoms with Crippen molar-refractivity contribution in [2.45, 2.75) is 109 Å². The lowest BCUT2D eigenvalue weighted by Gasteiger charge is -2.18. The number of amides is 2. The Labute approximate surface area is 394 Å². The average Bonchev–Trinajstić information content (AvgIpc) is 3.67. The average molecular weight is 906 g/mol. The van der Waals surface area contributed by atoms with Gasteiger partial charge in [-0.1, -0.05) is 137 Å². The molecule has 0 spiro atoms. The standard InChI is InChI=1S/C55H75N3O8/c1-61-53-39-47(65-33-13-22-54(59)58-40-45-25-23-44(24-26-45)38-43-16-7-5-3-2-4-6-8-17-43)28-27-46(53)41-56-29-14-31-62-34-36-64-37-35-63-32-15-30-57-55(60)66-42-52-50-20-11-9-18-48(50)49-19-10-12-21-51(49)52/h9-12,18-21,23-28,39,43,52,56H,2-8,13-17,22,29-38,40-42H2,1H3,(H,57,60)(H,58,59). The number of alkyl carbamates (subject to hydrolysis) is 1. The van der Waals surface area contributed by atoms with E-state index >= 15 is 0 Å². The van der Waals surface area contributed by atoms with Crippen molar-refractivity contribution in [2.24, 2.45) is 5.92 Å². The lowest BCUT2D eigenvalue weighted by molar-refractivity contribution is -0.121. The van der Waals surface area contributed by atoms with Crippen LogP contribution >= 0.6 is 0 Å².